The van der Waals surface area contributed by atoms with Crippen molar-refractivity contribution in [1.82, 2.24) is 10.2 Å². The number of sulfone groups is 1. The number of hydrogen-bond acceptors (Lipinski definition) is 4. The molecular weight excluding hydrogens is 236 g/mol. The summed E-state index contributed by atoms with van der Waals surface area (Å²) in [6, 6.07) is 0. The van der Waals surface area contributed by atoms with Crippen LogP contribution in [0.3, 0.4) is 0 Å². The Morgan fingerprint density at radius 3 is 2.71 bits per heavy atom. The van der Waals surface area contributed by atoms with E-state index in [0.717, 1.165) is 45.6 Å². The first kappa shape index (κ1) is 14.9. The van der Waals surface area contributed by atoms with Gasteiger partial charge in [0.05, 0.1) is 11.5 Å². The first-order chi connectivity index (χ1) is 8.14. The van der Waals surface area contributed by atoms with Gasteiger partial charge in [-0.15, -0.1) is 0 Å². The Kier molecular flexibility index (Phi) is 7.08. The number of nitrogens with one attached hydrogen (secondary N) is 1. The number of nitrogens with zero attached hydrogens (tertiary/aromatic N) is 1. The fourth-order valence-corrected chi connectivity index (χ4v) is 3.41. The molecule has 0 saturated carbocycles. The molecule has 0 aromatic rings. The molecule has 0 aliphatic carbocycles. The van der Waals surface area contributed by atoms with Crippen LogP contribution in [0.25, 0.3) is 0 Å². The van der Waals surface area contributed by atoms with Crippen LogP contribution in [0.4, 0.5) is 0 Å². The van der Waals surface area contributed by atoms with Crippen molar-refractivity contribution in [3.05, 3.63) is 0 Å². The molecule has 17 heavy (non-hydrogen) atoms. The van der Waals surface area contributed by atoms with Crippen LogP contribution in [-0.2, 0) is 9.84 Å². The highest BCUT2D eigenvalue weighted by molar-refractivity contribution is 7.91. The van der Waals surface area contributed by atoms with Crippen molar-refractivity contribution in [1.29, 1.82) is 0 Å². The van der Waals surface area contributed by atoms with Crippen molar-refractivity contribution in [2.75, 3.05) is 44.2 Å². The summed E-state index contributed by atoms with van der Waals surface area (Å²) >= 11 is 0. The van der Waals surface area contributed by atoms with Crippen LogP contribution in [0.2, 0.25) is 0 Å². The van der Waals surface area contributed by atoms with Crippen LogP contribution in [0.15, 0.2) is 0 Å². The standard InChI is InChI=1S/C12H26N2O2S/c1-2-6-13-7-3-4-8-14-9-5-11-17(15,16)12-10-14/h13H,2-12H2,1H3. The number of rotatable bonds is 7. The highest BCUT2D eigenvalue weighted by Gasteiger charge is 2.18. The van der Waals surface area contributed by atoms with Gasteiger partial charge in [0.1, 0.15) is 0 Å². The molecule has 1 N–H and O–H groups in total. The van der Waals surface area contributed by atoms with E-state index in [1.165, 1.54) is 12.8 Å². The zero-order chi connectivity index (χ0) is 12.6. The first-order valence-corrected chi connectivity index (χ1v) is 8.59. The lowest BCUT2D eigenvalue weighted by atomic mass is 10.2. The van der Waals surface area contributed by atoms with E-state index in [1.807, 2.05) is 0 Å². The highest BCUT2D eigenvalue weighted by Crippen LogP contribution is 2.06. The lowest BCUT2D eigenvalue weighted by Gasteiger charge is -2.18. The lowest BCUT2D eigenvalue weighted by Crippen LogP contribution is -2.28. The van der Waals surface area contributed by atoms with Gasteiger partial charge in [-0.25, -0.2) is 8.42 Å². The Hall–Kier alpha value is -0.130. The third-order valence-corrected chi connectivity index (χ3v) is 4.87. The predicted molar refractivity (Wildman–Crippen MR) is 72.1 cm³/mol. The van der Waals surface area contributed by atoms with Crippen LogP contribution in [0, 0.1) is 0 Å². The molecule has 0 spiro atoms. The molecule has 4 nitrogen and oxygen atoms in total. The predicted octanol–water partition coefficient (Wildman–Crippen LogP) is 0.887. The summed E-state index contributed by atoms with van der Waals surface area (Å²) in [7, 11) is -2.75. The van der Waals surface area contributed by atoms with Crippen molar-refractivity contribution in [3.63, 3.8) is 0 Å². The van der Waals surface area contributed by atoms with Crippen molar-refractivity contribution in [2.45, 2.75) is 32.6 Å². The summed E-state index contributed by atoms with van der Waals surface area (Å²) in [6.07, 6.45) is 4.33. The van der Waals surface area contributed by atoms with Crippen LogP contribution < -0.4 is 5.32 Å². The normalized spacial score (nSPS) is 21.2. The van der Waals surface area contributed by atoms with Crippen molar-refractivity contribution in [3.8, 4) is 0 Å². The van der Waals surface area contributed by atoms with Gasteiger partial charge in [-0.3, -0.25) is 0 Å². The van der Waals surface area contributed by atoms with Crippen molar-refractivity contribution < 1.29 is 8.42 Å². The molecule has 1 rings (SSSR count). The van der Waals surface area contributed by atoms with Gasteiger partial charge in [0.2, 0.25) is 0 Å². The highest BCUT2D eigenvalue weighted by atomic mass is 32.2. The van der Waals surface area contributed by atoms with Gasteiger partial charge in [0.25, 0.3) is 0 Å². The minimum atomic E-state index is -2.75. The molecule has 1 saturated heterocycles. The van der Waals surface area contributed by atoms with E-state index in [0.29, 0.717) is 11.5 Å². The Morgan fingerprint density at radius 2 is 1.94 bits per heavy atom. The molecule has 1 aliphatic rings. The molecule has 1 fully saturated rings. The van der Waals surface area contributed by atoms with Gasteiger partial charge in [0, 0.05) is 6.54 Å². The summed E-state index contributed by atoms with van der Waals surface area (Å²) < 4.78 is 22.9. The third-order valence-electron chi connectivity index (χ3n) is 3.15. The maximum atomic E-state index is 11.4. The summed E-state index contributed by atoms with van der Waals surface area (Å²) in [5, 5.41) is 3.38. The van der Waals surface area contributed by atoms with E-state index in [4.69, 9.17) is 0 Å². The smallest absolute Gasteiger partial charge is 0.151 e. The molecule has 0 aromatic carbocycles. The quantitative estimate of drug-likeness (QED) is 0.692. The summed E-state index contributed by atoms with van der Waals surface area (Å²) in [6.45, 7) is 7.07. The van der Waals surface area contributed by atoms with Gasteiger partial charge in [-0.1, -0.05) is 6.92 Å². The topological polar surface area (TPSA) is 49.4 Å². The van der Waals surface area contributed by atoms with Gasteiger partial charge in [0.15, 0.2) is 9.84 Å². The third kappa shape index (κ3) is 7.01. The minimum absolute atomic E-state index is 0.348. The lowest BCUT2D eigenvalue weighted by molar-refractivity contribution is 0.288. The van der Waals surface area contributed by atoms with E-state index in [9.17, 15) is 8.42 Å². The first-order valence-electron chi connectivity index (χ1n) is 6.77. The summed E-state index contributed by atoms with van der Waals surface area (Å²) in [4.78, 5) is 2.30. The second kappa shape index (κ2) is 8.06. The van der Waals surface area contributed by atoms with Crippen molar-refractivity contribution >= 4 is 9.84 Å². The molecular formula is C12H26N2O2S. The van der Waals surface area contributed by atoms with Gasteiger partial charge in [-0.05, 0) is 51.9 Å². The zero-order valence-corrected chi connectivity index (χ0v) is 11.8. The monoisotopic (exact) mass is 262 g/mol. The molecule has 0 atom stereocenters. The minimum Gasteiger partial charge on any atom is -0.317 e. The zero-order valence-electron chi connectivity index (χ0n) is 11.0. The second-order valence-electron chi connectivity index (χ2n) is 4.80. The fraction of sp³-hybridized carbons (Fsp3) is 1.00. The average molecular weight is 262 g/mol. The average Bonchev–Trinajstić information content (AvgIpc) is 2.45. The molecule has 0 bridgehead atoms. The number of hydrogen-bond donors (Lipinski definition) is 1. The van der Waals surface area contributed by atoms with Gasteiger partial charge in [-0.2, -0.15) is 0 Å². The molecule has 1 heterocycles. The van der Waals surface area contributed by atoms with E-state index >= 15 is 0 Å². The van der Waals surface area contributed by atoms with Crippen LogP contribution in [-0.4, -0.2) is 57.5 Å². The SMILES string of the molecule is CCCNCCCCN1CCCS(=O)(=O)CC1. The van der Waals surface area contributed by atoms with Crippen LogP contribution >= 0.6 is 0 Å². The number of unbranched alkanes of at least 4 members (excludes halogenated alkanes) is 1. The van der Waals surface area contributed by atoms with E-state index < -0.39 is 9.84 Å². The molecule has 1 aliphatic heterocycles. The Balaban J connectivity index is 2.07. The van der Waals surface area contributed by atoms with Gasteiger partial charge >= 0.3 is 0 Å². The van der Waals surface area contributed by atoms with Gasteiger partial charge < -0.3 is 10.2 Å². The second-order valence-corrected chi connectivity index (χ2v) is 7.11. The van der Waals surface area contributed by atoms with Crippen LogP contribution in [0.5, 0.6) is 0 Å². The molecule has 102 valence electrons. The Morgan fingerprint density at radius 1 is 1.12 bits per heavy atom. The molecule has 0 amide bonds. The molecule has 5 heteroatoms. The van der Waals surface area contributed by atoms with E-state index in [2.05, 4.69) is 17.1 Å². The van der Waals surface area contributed by atoms with Crippen LogP contribution in [0.1, 0.15) is 32.6 Å². The molecule has 0 unspecified atom stereocenters. The largest absolute Gasteiger partial charge is 0.317 e. The van der Waals surface area contributed by atoms with E-state index in [1.54, 1.807) is 0 Å². The Labute approximate surface area is 106 Å². The summed E-state index contributed by atoms with van der Waals surface area (Å²) in [5.41, 5.74) is 0. The molecule has 0 radical (unpaired) electrons. The van der Waals surface area contributed by atoms with Crippen molar-refractivity contribution in [2.24, 2.45) is 0 Å². The fourth-order valence-electron chi connectivity index (χ4n) is 2.10. The maximum Gasteiger partial charge on any atom is 0.151 e. The maximum absolute atomic E-state index is 11.4. The van der Waals surface area contributed by atoms with E-state index in [-0.39, 0.29) is 0 Å². The molecule has 0 aromatic heterocycles. The summed E-state index contributed by atoms with van der Waals surface area (Å²) in [5.74, 6) is 0.725. The Bertz CT molecular complexity index is 291.